The van der Waals surface area contributed by atoms with Gasteiger partial charge in [-0.25, -0.2) is 0 Å². The molecule has 4 nitrogen and oxygen atoms in total. The van der Waals surface area contributed by atoms with Gasteiger partial charge in [-0.1, -0.05) is 26.0 Å². The summed E-state index contributed by atoms with van der Waals surface area (Å²) < 4.78 is 11.7. The van der Waals surface area contributed by atoms with Crippen LogP contribution in [0.15, 0.2) is 35.7 Å². The summed E-state index contributed by atoms with van der Waals surface area (Å²) in [5.74, 6) is 1.63. The van der Waals surface area contributed by atoms with Crippen LogP contribution in [0.2, 0.25) is 0 Å². The smallest absolute Gasteiger partial charge is 0.161 e. The Morgan fingerprint density at radius 2 is 1.88 bits per heavy atom. The van der Waals surface area contributed by atoms with Gasteiger partial charge in [0.25, 0.3) is 0 Å². The number of nitrogens with one attached hydrogen (secondary N) is 1. The Kier molecular flexibility index (Phi) is 8.80. The molecule has 138 valence electrons. The van der Waals surface area contributed by atoms with Crippen molar-refractivity contribution in [2.75, 3.05) is 32.8 Å². The van der Waals surface area contributed by atoms with Crippen LogP contribution in [0.1, 0.15) is 31.2 Å². The van der Waals surface area contributed by atoms with Crippen LogP contribution in [0.3, 0.4) is 0 Å². The molecule has 0 unspecified atom stereocenters. The molecule has 0 saturated heterocycles. The van der Waals surface area contributed by atoms with Gasteiger partial charge >= 0.3 is 0 Å². The quantitative estimate of drug-likeness (QED) is 0.575. The number of nitrogens with zero attached hydrogens (tertiary/aromatic N) is 1. The zero-order valence-electron chi connectivity index (χ0n) is 15.6. The number of benzene rings is 1. The summed E-state index contributed by atoms with van der Waals surface area (Å²) in [5.41, 5.74) is 1.21. The molecule has 0 aliphatic rings. The standard InChI is InChI=1S/C20H30N2O2S/c1-4-22(5-2)12-11-21-15-17-9-10-19(20(14-17)23-6-3)24-16-18-8-7-13-25-18/h7-10,13-14,21H,4-6,11-12,15-16H2,1-3H3. The third-order valence-corrected chi connectivity index (χ3v) is 4.94. The van der Waals surface area contributed by atoms with Crippen LogP contribution in [-0.2, 0) is 13.2 Å². The van der Waals surface area contributed by atoms with Crippen molar-refractivity contribution in [1.82, 2.24) is 10.2 Å². The highest BCUT2D eigenvalue weighted by Crippen LogP contribution is 2.29. The number of rotatable bonds is 12. The van der Waals surface area contributed by atoms with Crippen molar-refractivity contribution in [2.24, 2.45) is 0 Å². The molecule has 0 aliphatic heterocycles. The van der Waals surface area contributed by atoms with Gasteiger partial charge in [-0.2, -0.15) is 0 Å². The van der Waals surface area contributed by atoms with Crippen molar-refractivity contribution in [1.29, 1.82) is 0 Å². The maximum Gasteiger partial charge on any atom is 0.161 e. The van der Waals surface area contributed by atoms with Crippen molar-refractivity contribution in [2.45, 2.75) is 33.9 Å². The van der Waals surface area contributed by atoms with Gasteiger partial charge in [-0.3, -0.25) is 0 Å². The Morgan fingerprint density at radius 1 is 1.04 bits per heavy atom. The normalized spacial score (nSPS) is 11.0. The Hall–Kier alpha value is -1.56. The molecule has 2 rings (SSSR count). The first-order valence-corrected chi connectivity index (χ1v) is 9.98. The number of hydrogen-bond acceptors (Lipinski definition) is 5. The van der Waals surface area contributed by atoms with Gasteiger partial charge in [-0.15, -0.1) is 11.3 Å². The molecule has 0 spiro atoms. The third kappa shape index (κ3) is 6.69. The van der Waals surface area contributed by atoms with Crippen LogP contribution in [0, 0.1) is 0 Å². The van der Waals surface area contributed by atoms with Crippen LogP contribution in [0.5, 0.6) is 11.5 Å². The maximum atomic E-state index is 5.93. The van der Waals surface area contributed by atoms with Gasteiger partial charge in [0.1, 0.15) is 6.61 Å². The highest BCUT2D eigenvalue weighted by Gasteiger charge is 2.08. The fourth-order valence-corrected chi connectivity index (χ4v) is 3.22. The largest absolute Gasteiger partial charge is 0.490 e. The average Bonchev–Trinajstić information content (AvgIpc) is 3.15. The fraction of sp³-hybridized carbons (Fsp3) is 0.500. The monoisotopic (exact) mass is 362 g/mol. The number of hydrogen-bond donors (Lipinski definition) is 1. The molecule has 0 radical (unpaired) electrons. The van der Waals surface area contributed by atoms with E-state index in [1.54, 1.807) is 11.3 Å². The van der Waals surface area contributed by atoms with Crippen LogP contribution in [-0.4, -0.2) is 37.7 Å². The maximum absolute atomic E-state index is 5.93. The molecule has 1 N–H and O–H groups in total. The van der Waals surface area contributed by atoms with Crippen molar-refractivity contribution in [3.05, 3.63) is 46.2 Å². The van der Waals surface area contributed by atoms with Gasteiger partial charge in [0.05, 0.1) is 6.61 Å². The Balaban J connectivity index is 1.88. The number of thiophene rings is 1. The molecule has 0 aliphatic carbocycles. The van der Waals surface area contributed by atoms with E-state index < -0.39 is 0 Å². The molecular formula is C20H30N2O2S. The molecule has 1 heterocycles. The van der Waals surface area contributed by atoms with E-state index in [-0.39, 0.29) is 0 Å². The van der Waals surface area contributed by atoms with Gasteiger partial charge in [0.15, 0.2) is 11.5 Å². The molecule has 2 aromatic rings. The first kappa shape index (κ1) is 19.8. The first-order chi connectivity index (χ1) is 12.3. The van der Waals surface area contributed by atoms with Crippen LogP contribution in [0.25, 0.3) is 0 Å². The minimum atomic E-state index is 0.583. The summed E-state index contributed by atoms with van der Waals surface area (Å²) >= 11 is 1.70. The van der Waals surface area contributed by atoms with E-state index >= 15 is 0 Å². The second kappa shape index (κ2) is 11.1. The second-order valence-corrected chi connectivity index (χ2v) is 6.82. The molecule has 1 aromatic heterocycles. The van der Waals surface area contributed by atoms with Crippen LogP contribution >= 0.6 is 11.3 Å². The molecule has 0 saturated carbocycles. The zero-order valence-corrected chi connectivity index (χ0v) is 16.4. The van der Waals surface area contributed by atoms with Crippen molar-refractivity contribution >= 4 is 11.3 Å². The Morgan fingerprint density at radius 3 is 2.56 bits per heavy atom. The summed E-state index contributed by atoms with van der Waals surface area (Å²) in [6.45, 7) is 12.7. The lowest BCUT2D eigenvalue weighted by Gasteiger charge is -2.18. The summed E-state index contributed by atoms with van der Waals surface area (Å²) in [5, 5.41) is 5.57. The minimum Gasteiger partial charge on any atom is -0.490 e. The number of ether oxygens (including phenoxy) is 2. The third-order valence-electron chi connectivity index (χ3n) is 4.09. The van der Waals surface area contributed by atoms with Gasteiger partial charge in [0.2, 0.25) is 0 Å². The summed E-state index contributed by atoms with van der Waals surface area (Å²) in [6.07, 6.45) is 0. The van der Waals surface area contributed by atoms with Crippen molar-refractivity contribution < 1.29 is 9.47 Å². The molecule has 0 bridgehead atoms. The van der Waals surface area contributed by atoms with E-state index in [1.165, 1.54) is 10.4 Å². The lowest BCUT2D eigenvalue weighted by atomic mass is 10.2. The molecule has 1 aromatic carbocycles. The van der Waals surface area contributed by atoms with Crippen LogP contribution < -0.4 is 14.8 Å². The summed E-state index contributed by atoms with van der Waals surface area (Å²) in [6, 6.07) is 10.3. The van der Waals surface area contributed by atoms with E-state index in [0.717, 1.165) is 44.2 Å². The first-order valence-electron chi connectivity index (χ1n) is 9.10. The minimum absolute atomic E-state index is 0.583. The average molecular weight is 363 g/mol. The molecule has 0 fully saturated rings. The van der Waals surface area contributed by atoms with E-state index in [1.807, 2.05) is 19.1 Å². The lowest BCUT2D eigenvalue weighted by Crippen LogP contribution is -2.31. The fourth-order valence-electron chi connectivity index (χ4n) is 2.60. The Bertz CT molecular complexity index is 598. The highest BCUT2D eigenvalue weighted by molar-refractivity contribution is 7.09. The second-order valence-electron chi connectivity index (χ2n) is 5.79. The summed E-state index contributed by atoms with van der Waals surface area (Å²) in [4.78, 5) is 3.63. The van der Waals surface area contributed by atoms with Crippen molar-refractivity contribution in [3.63, 3.8) is 0 Å². The van der Waals surface area contributed by atoms with E-state index in [9.17, 15) is 0 Å². The molecule has 5 heteroatoms. The van der Waals surface area contributed by atoms with E-state index in [4.69, 9.17) is 9.47 Å². The molecule has 25 heavy (non-hydrogen) atoms. The van der Waals surface area contributed by atoms with Crippen LogP contribution in [0.4, 0.5) is 0 Å². The lowest BCUT2D eigenvalue weighted by molar-refractivity contribution is 0.271. The molecule has 0 atom stereocenters. The SMILES string of the molecule is CCOc1cc(CNCCN(CC)CC)ccc1OCc1cccs1. The zero-order chi connectivity index (χ0) is 17.9. The molecular weight excluding hydrogens is 332 g/mol. The van der Waals surface area contributed by atoms with Gasteiger partial charge < -0.3 is 19.7 Å². The number of likely N-dealkylation sites (N-methyl/N-ethyl adjacent to an activating group) is 1. The van der Waals surface area contributed by atoms with Crippen molar-refractivity contribution in [3.8, 4) is 11.5 Å². The highest BCUT2D eigenvalue weighted by atomic mass is 32.1. The van der Waals surface area contributed by atoms with E-state index in [0.29, 0.717) is 13.2 Å². The molecule has 0 amide bonds. The summed E-state index contributed by atoms with van der Waals surface area (Å²) in [7, 11) is 0. The van der Waals surface area contributed by atoms with Gasteiger partial charge in [0, 0.05) is 24.5 Å². The predicted octanol–water partition coefficient (Wildman–Crippen LogP) is 4.16. The predicted molar refractivity (Wildman–Crippen MR) is 106 cm³/mol. The van der Waals surface area contributed by atoms with E-state index in [2.05, 4.69) is 47.6 Å². The Labute approximate surface area is 155 Å². The topological polar surface area (TPSA) is 33.7 Å². The van der Waals surface area contributed by atoms with Gasteiger partial charge in [-0.05, 0) is 49.2 Å².